The largest absolute Gasteiger partial charge is 0.475 e. The number of nitrogens with one attached hydrogen (secondary N) is 1. The molecule has 0 radical (unpaired) electrons. The monoisotopic (exact) mass is 442 g/mol. The van der Waals surface area contributed by atoms with Crippen LogP contribution in [0.1, 0.15) is 53.1 Å². The van der Waals surface area contributed by atoms with Crippen molar-refractivity contribution in [1.29, 1.82) is 0 Å². The zero-order chi connectivity index (χ0) is 23.2. The maximum Gasteiger partial charge on any atom is 0.377 e. The molecule has 0 heterocycles. The van der Waals surface area contributed by atoms with Crippen LogP contribution in [0.5, 0.6) is 0 Å². The van der Waals surface area contributed by atoms with Crippen LogP contribution in [-0.2, 0) is 16.0 Å². The number of carbonyl (C=O) groups excluding carboxylic acids is 2. The van der Waals surface area contributed by atoms with Crippen molar-refractivity contribution in [3.05, 3.63) is 95.6 Å². The van der Waals surface area contributed by atoms with E-state index in [0.717, 1.165) is 35.3 Å². The second kappa shape index (κ2) is 10.1. The first-order chi connectivity index (χ1) is 16.0. The third-order valence-corrected chi connectivity index (χ3v) is 6.06. The second-order valence-corrected chi connectivity index (χ2v) is 8.18. The molecular formula is C27H26N2O4. The number of ketones is 1. The van der Waals surface area contributed by atoms with E-state index in [2.05, 4.69) is 5.43 Å². The fourth-order valence-corrected chi connectivity index (χ4v) is 4.49. The van der Waals surface area contributed by atoms with Gasteiger partial charge in [0, 0.05) is 12.0 Å². The number of carboxylic acid groups (broad SMARTS) is 1. The van der Waals surface area contributed by atoms with Crippen LogP contribution < -0.4 is 10.4 Å². The fourth-order valence-electron chi connectivity index (χ4n) is 4.49. The Bertz CT molecular complexity index is 1110. The summed E-state index contributed by atoms with van der Waals surface area (Å²) in [6.07, 6.45) is 3.40. The molecule has 0 bridgehead atoms. The predicted octanol–water partition coefficient (Wildman–Crippen LogP) is 5.02. The van der Waals surface area contributed by atoms with E-state index < -0.39 is 11.8 Å². The second-order valence-electron chi connectivity index (χ2n) is 8.18. The summed E-state index contributed by atoms with van der Waals surface area (Å²) in [5.41, 5.74) is 6.81. The molecule has 33 heavy (non-hydrogen) atoms. The van der Waals surface area contributed by atoms with Gasteiger partial charge in [-0.25, -0.2) is 4.79 Å². The molecule has 1 atom stereocenters. The van der Waals surface area contributed by atoms with Crippen LogP contribution in [0, 0.1) is 0 Å². The normalized spacial score (nSPS) is 14.7. The number of para-hydroxylation sites is 2. The minimum absolute atomic E-state index is 0.104. The van der Waals surface area contributed by atoms with Gasteiger partial charge in [0.25, 0.3) is 5.78 Å². The predicted molar refractivity (Wildman–Crippen MR) is 126 cm³/mol. The van der Waals surface area contributed by atoms with Gasteiger partial charge in [-0.3, -0.25) is 20.0 Å². The van der Waals surface area contributed by atoms with Gasteiger partial charge in [0.1, 0.15) is 0 Å². The van der Waals surface area contributed by atoms with Crippen molar-refractivity contribution in [2.75, 3.05) is 5.01 Å². The number of rotatable bonds is 8. The Morgan fingerprint density at radius 2 is 1.52 bits per heavy atom. The summed E-state index contributed by atoms with van der Waals surface area (Å²) in [7, 11) is 0. The van der Waals surface area contributed by atoms with Crippen molar-refractivity contribution >= 4 is 29.0 Å². The highest BCUT2D eigenvalue weighted by molar-refractivity contribution is 6.40. The Balaban J connectivity index is 1.48. The van der Waals surface area contributed by atoms with Crippen molar-refractivity contribution in [3.8, 4) is 0 Å². The number of benzene rings is 3. The minimum atomic E-state index is -1.44. The average Bonchev–Trinajstić information content (AvgIpc) is 2.86. The van der Waals surface area contributed by atoms with Gasteiger partial charge in [-0.1, -0.05) is 54.6 Å². The first-order valence-electron chi connectivity index (χ1n) is 11.1. The van der Waals surface area contributed by atoms with Gasteiger partial charge in [-0.15, -0.1) is 0 Å². The van der Waals surface area contributed by atoms with Crippen LogP contribution in [0.25, 0.3) is 0 Å². The number of carbonyl (C=O) groups is 3. The van der Waals surface area contributed by atoms with Gasteiger partial charge in [0.15, 0.2) is 0 Å². The van der Waals surface area contributed by atoms with E-state index in [4.69, 9.17) is 5.11 Å². The molecule has 1 aliphatic carbocycles. The number of hydrogen-bond donors (Lipinski definition) is 2. The number of fused-ring (bicyclic) bond motifs is 1. The van der Waals surface area contributed by atoms with Crippen LogP contribution in [0.4, 0.5) is 11.4 Å². The van der Waals surface area contributed by atoms with Crippen LogP contribution in [-0.4, -0.2) is 22.8 Å². The quantitative estimate of drug-likeness (QED) is 0.290. The molecule has 2 N–H and O–H groups in total. The third kappa shape index (κ3) is 5.12. The molecular weight excluding hydrogens is 416 g/mol. The summed E-state index contributed by atoms with van der Waals surface area (Å²) >= 11 is 0. The summed E-state index contributed by atoms with van der Waals surface area (Å²) in [5.74, 6) is -2.30. The van der Waals surface area contributed by atoms with Crippen LogP contribution in [0.15, 0.2) is 78.9 Å². The molecule has 0 aromatic heterocycles. The van der Waals surface area contributed by atoms with Gasteiger partial charge in [-0.2, -0.15) is 0 Å². The zero-order valence-corrected chi connectivity index (χ0v) is 18.2. The molecule has 4 rings (SSSR count). The van der Waals surface area contributed by atoms with E-state index in [0.29, 0.717) is 19.3 Å². The third-order valence-electron chi connectivity index (χ3n) is 6.06. The lowest BCUT2D eigenvalue weighted by molar-refractivity contribution is -0.131. The number of nitrogens with zero attached hydrogens (tertiary/aromatic N) is 1. The molecule has 1 aliphatic rings. The summed E-state index contributed by atoms with van der Waals surface area (Å²) in [6, 6.07) is 24.6. The Morgan fingerprint density at radius 3 is 2.12 bits per heavy atom. The molecule has 0 aliphatic heterocycles. The molecule has 6 heteroatoms. The summed E-state index contributed by atoms with van der Waals surface area (Å²) in [5, 5.41) is 10.9. The average molecular weight is 443 g/mol. The maximum absolute atomic E-state index is 12.9. The molecule has 0 saturated heterocycles. The lowest BCUT2D eigenvalue weighted by atomic mass is 9.78. The van der Waals surface area contributed by atoms with E-state index in [1.54, 1.807) is 17.1 Å². The van der Waals surface area contributed by atoms with E-state index in [-0.39, 0.29) is 17.4 Å². The van der Waals surface area contributed by atoms with Crippen molar-refractivity contribution < 1.29 is 19.5 Å². The van der Waals surface area contributed by atoms with E-state index in [9.17, 15) is 14.4 Å². The van der Waals surface area contributed by atoms with Crippen LogP contribution in [0.3, 0.4) is 0 Å². The van der Waals surface area contributed by atoms with Gasteiger partial charge in [0.05, 0.1) is 11.4 Å². The number of amides is 1. The van der Waals surface area contributed by atoms with Crippen molar-refractivity contribution in [2.24, 2.45) is 0 Å². The molecule has 3 aromatic rings. The number of carboxylic acids is 1. The molecule has 0 saturated carbocycles. The SMILES string of the molecule is O=C(CCC1CCCc2c(C(=O)C(=O)O)cccc21)NN(c1ccccc1)c1ccccc1. The summed E-state index contributed by atoms with van der Waals surface area (Å²) < 4.78 is 0. The van der Waals surface area contributed by atoms with E-state index in [1.165, 1.54) is 0 Å². The highest BCUT2D eigenvalue weighted by atomic mass is 16.4. The van der Waals surface area contributed by atoms with Gasteiger partial charge in [0.2, 0.25) is 5.91 Å². The zero-order valence-electron chi connectivity index (χ0n) is 18.2. The number of hydrogen-bond acceptors (Lipinski definition) is 4. The summed E-state index contributed by atoms with van der Waals surface area (Å²) in [6.45, 7) is 0. The van der Waals surface area contributed by atoms with Crippen molar-refractivity contribution in [1.82, 2.24) is 5.43 Å². The van der Waals surface area contributed by atoms with Crippen LogP contribution >= 0.6 is 0 Å². The molecule has 168 valence electrons. The standard InChI is InChI=1S/C27H26N2O4/c30-25(28-29(20-10-3-1-4-11-20)21-12-5-2-6-13-21)18-17-19-9-7-15-23-22(19)14-8-16-24(23)26(31)27(32)33/h1-6,8,10-14,16,19H,7,9,15,17-18H2,(H,28,30)(H,32,33). The molecule has 3 aromatic carbocycles. The van der Waals surface area contributed by atoms with Crippen molar-refractivity contribution in [2.45, 2.75) is 38.0 Å². The first-order valence-corrected chi connectivity index (χ1v) is 11.1. The highest BCUT2D eigenvalue weighted by Crippen LogP contribution is 2.36. The fraction of sp³-hybridized carbons (Fsp3) is 0.222. The Morgan fingerprint density at radius 1 is 0.879 bits per heavy atom. The minimum Gasteiger partial charge on any atom is -0.475 e. The van der Waals surface area contributed by atoms with Gasteiger partial charge in [-0.05, 0) is 67.0 Å². The lowest BCUT2D eigenvalue weighted by Gasteiger charge is -2.28. The molecule has 0 spiro atoms. The molecule has 6 nitrogen and oxygen atoms in total. The Kier molecular flexibility index (Phi) is 6.83. The molecule has 1 amide bonds. The number of Topliss-reactive ketones (excluding diaryl/α,β-unsaturated/α-hetero) is 1. The van der Waals surface area contributed by atoms with E-state index >= 15 is 0 Å². The number of hydrazine groups is 1. The first kappa shape index (κ1) is 22.3. The van der Waals surface area contributed by atoms with Crippen molar-refractivity contribution in [3.63, 3.8) is 0 Å². The highest BCUT2D eigenvalue weighted by Gasteiger charge is 2.27. The molecule has 0 fully saturated rings. The number of anilines is 2. The van der Waals surface area contributed by atoms with E-state index in [1.807, 2.05) is 66.7 Å². The van der Waals surface area contributed by atoms with Gasteiger partial charge >= 0.3 is 5.97 Å². The topological polar surface area (TPSA) is 86.7 Å². The number of aliphatic carboxylic acids is 1. The molecule has 1 unspecified atom stereocenters. The smallest absolute Gasteiger partial charge is 0.377 e. The maximum atomic E-state index is 12.9. The lowest BCUT2D eigenvalue weighted by Crippen LogP contribution is -2.39. The van der Waals surface area contributed by atoms with Gasteiger partial charge < -0.3 is 5.11 Å². The Hall–Kier alpha value is -3.93. The van der Waals surface area contributed by atoms with Crippen LogP contribution in [0.2, 0.25) is 0 Å². The Labute approximate surface area is 192 Å². The summed E-state index contributed by atoms with van der Waals surface area (Å²) in [4.78, 5) is 36.3.